The summed E-state index contributed by atoms with van der Waals surface area (Å²) in [6.07, 6.45) is 0.660. The zero-order valence-corrected chi connectivity index (χ0v) is 16.5. The van der Waals surface area contributed by atoms with Crippen LogP contribution in [0.4, 0.5) is 0 Å². The first-order valence-corrected chi connectivity index (χ1v) is 11.0. The monoisotopic (exact) mass is 400 g/mol. The van der Waals surface area contributed by atoms with Gasteiger partial charge in [0.05, 0.1) is 30.6 Å². The molecule has 6 nitrogen and oxygen atoms in total. The van der Waals surface area contributed by atoms with Crippen molar-refractivity contribution < 1.29 is 17.9 Å². The summed E-state index contributed by atoms with van der Waals surface area (Å²) in [5.74, 6) is -0.366. The molecule has 148 valence electrons. The van der Waals surface area contributed by atoms with E-state index in [0.29, 0.717) is 31.7 Å². The highest BCUT2D eigenvalue weighted by Gasteiger charge is 2.41. The molecular weight excluding hydrogens is 376 g/mol. The van der Waals surface area contributed by atoms with E-state index in [1.165, 1.54) is 0 Å². The lowest BCUT2D eigenvalue weighted by Crippen LogP contribution is -2.46. The van der Waals surface area contributed by atoms with Gasteiger partial charge in [0.2, 0.25) is 5.91 Å². The Morgan fingerprint density at radius 3 is 2.39 bits per heavy atom. The van der Waals surface area contributed by atoms with Crippen LogP contribution in [-0.2, 0) is 26.0 Å². The molecular formula is C21H24N2O4S. The number of fused-ring (bicyclic) bond motifs is 1. The van der Waals surface area contributed by atoms with E-state index < -0.39 is 16.1 Å². The van der Waals surface area contributed by atoms with Gasteiger partial charge >= 0.3 is 0 Å². The van der Waals surface area contributed by atoms with Crippen LogP contribution in [0.2, 0.25) is 0 Å². The Balaban J connectivity index is 1.68. The second kappa shape index (κ2) is 8.03. The van der Waals surface area contributed by atoms with Crippen molar-refractivity contribution in [2.24, 2.45) is 0 Å². The number of carbonyl (C=O) groups is 1. The summed E-state index contributed by atoms with van der Waals surface area (Å²) < 4.78 is 33.2. The smallest absolute Gasteiger partial charge is 0.267 e. The van der Waals surface area contributed by atoms with E-state index >= 15 is 0 Å². The Hall–Kier alpha value is -2.22. The van der Waals surface area contributed by atoms with E-state index in [-0.39, 0.29) is 17.2 Å². The molecule has 0 bridgehead atoms. The molecule has 0 aromatic heterocycles. The molecule has 0 spiro atoms. The molecule has 2 aliphatic rings. The number of sulfonamides is 1. The number of carbonyl (C=O) groups excluding carboxylic acids is 1. The number of hydrogen-bond donors (Lipinski definition) is 0. The fraction of sp³-hybridized carbons (Fsp3) is 0.381. The number of amides is 1. The molecule has 0 radical (unpaired) electrons. The molecule has 2 aromatic carbocycles. The van der Waals surface area contributed by atoms with Crippen LogP contribution in [0, 0.1) is 0 Å². The second-order valence-corrected chi connectivity index (χ2v) is 8.93. The van der Waals surface area contributed by atoms with Gasteiger partial charge in [0.1, 0.15) is 0 Å². The van der Waals surface area contributed by atoms with Gasteiger partial charge in [-0.15, -0.1) is 0 Å². The standard InChI is InChI=1S/C21H24N2O4S/c24-21-16-18-8-4-5-9-20(18)28(25,26)23(21)19(17-6-2-1-3-7-17)10-11-22-12-14-27-15-13-22/h1-9,19H,10-16H2. The van der Waals surface area contributed by atoms with Crippen LogP contribution in [0.5, 0.6) is 0 Å². The number of rotatable bonds is 5. The summed E-state index contributed by atoms with van der Waals surface area (Å²) in [4.78, 5) is 15.4. The first-order valence-electron chi connectivity index (χ1n) is 9.57. The van der Waals surface area contributed by atoms with Crippen LogP contribution in [0.25, 0.3) is 0 Å². The number of nitrogens with zero attached hydrogens (tertiary/aromatic N) is 2. The summed E-state index contributed by atoms with van der Waals surface area (Å²) in [6.45, 7) is 3.73. The van der Waals surface area contributed by atoms with Gasteiger partial charge in [0.15, 0.2) is 0 Å². The van der Waals surface area contributed by atoms with Crippen molar-refractivity contribution in [1.82, 2.24) is 9.21 Å². The van der Waals surface area contributed by atoms with E-state index in [0.717, 1.165) is 23.0 Å². The molecule has 4 rings (SSSR count). The van der Waals surface area contributed by atoms with Gasteiger partial charge in [-0.1, -0.05) is 48.5 Å². The Labute approximate surface area is 165 Å². The lowest BCUT2D eigenvalue weighted by molar-refractivity contribution is -0.128. The number of benzene rings is 2. The third kappa shape index (κ3) is 3.70. The average molecular weight is 401 g/mol. The lowest BCUT2D eigenvalue weighted by Gasteiger charge is -2.36. The predicted octanol–water partition coefficient (Wildman–Crippen LogP) is 2.22. The maximum absolute atomic E-state index is 13.4. The summed E-state index contributed by atoms with van der Waals surface area (Å²) in [7, 11) is -3.89. The predicted molar refractivity (Wildman–Crippen MR) is 105 cm³/mol. The minimum absolute atomic E-state index is 0.107. The first-order chi connectivity index (χ1) is 13.6. The maximum Gasteiger partial charge on any atom is 0.267 e. The fourth-order valence-electron chi connectivity index (χ4n) is 3.95. The normalized spacial score (nSPS) is 20.6. The number of morpholine rings is 1. The zero-order chi connectivity index (χ0) is 19.6. The third-order valence-electron chi connectivity index (χ3n) is 5.39. The molecule has 7 heteroatoms. The van der Waals surface area contributed by atoms with Crippen molar-refractivity contribution in [1.29, 1.82) is 0 Å². The number of ether oxygens (including phenoxy) is 1. The van der Waals surface area contributed by atoms with E-state index in [4.69, 9.17) is 4.74 Å². The van der Waals surface area contributed by atoms with E-state index in [9.17, 15) is 13.2 Å². The van der Waals surface area contributed by atoms with Gasteiger partial charge in [-0.3, -0.25) is 9.69 Å². The van der Waals surface area contributed by atoms with Gasteiger partial charge < -0.3 is 4.74 Å². The van der Waals surface area contributed by atoms with Crippen LogP contribution in [0.15, 0.2) is 59.5 Å². The zero-order valence-electron chi connectivity index (χ0n) is 15.7. The van der Waals surface area contributed by atoms with Crippen LogP contribution in [-0.4, -0.2) is 56.4 Å². The molecule has 2 aliphatic heterocycles. The van der Waals surface area contributed by atoms with Crippen molar-refractivity contribution in [2.75, 3.05) is 32.8 Å². The largest absolute Gasteiger partial charge is 0.379 e. The third-order valence-corrected chi connectivity index (χ3v) is 7.32. The van der Waals surface area contributed by atoms with Gasteiger partial charge in [-0.05, 0) is 23.6 Å². The Kier molecular flexibility index (Phi) is 5.48. The SMILES string of the molecule is O=C1Cc2ccccc2S(=O)(=O)N1C(CCN1CCOCC1)c1ccccc1. The van der Waals surface area contributed by atoms with Crippen molar-refractivity contribution >= 4 is 15.9 Å². The molecule has 0 N–H and O–H groups in total. The molecule has 1 amide bonds. The summed E-state index contributed by atoms with van der Waals surface area (Å²) >= 11 is 0. The minimum atomic E-state index is -3.89. The summed E-state index contributed by atoms with van der Waals surface area (Å²) in [5.41, 5.74) is 1.41. The first kappa shape index (κ1) is 19.1. The van der Waals surface area contributed by atoms with Crippen LogP contribution < -0.4 is 0 Å². The highest BCUT2D eigenvalue weighted by molar-refractivity contribution is 7.89. The molecule has 0 saturated carbocycles. The molecule has 1 atom stereocenters. The van der Waals surface area contributed by atoms with Gasteiger partial charge in [0, 0.05) is 19.6 Å². The fourth-order valence-corrected chi connectivity index (χ4v) is 5.78. The van der Waals surface area contributed by atoms with Crippen molar-refractivity contribution in [3.63, 3.8) is 0 Å². The lowest BCUT2D eigenvalue weighted by atomic mass is 10.0. The van der Waals surface area contributed by atoms with Crippen molar-refractivity contribution in [3.8, 4) is 0 Å². The highest BCUT2D eigenvalue weighted by Crippen LogP contribution is 2.36. The van der Waals surface area contributed by atoms with Crippen LogP contribution >= 0.6 is 0 Å². The molecule has 28 heavy (non-hydrogen) atoms. The summed E-state index contributed by atoms with van der Waals surface area (Å²) in [6, 6.07) is 15.7. The van der Waals surface area contributed by atoms with Crippen molar-refractivity contribution in [2.45, 2.75) is 23.8 Å². The second-order valence-electron chi connectivity index (χ2n) is 7.15. The highest BCUT2D eigenvalue weighted by atomic mass is 32.2. The molecule has 1 saturated heterocycles. The van der Waals surface area contributed by atoms with Gasteiger partial charge in [-0.2, -0.15) is 0 Å². The maximum atomic E-state index is 13.4. The van der Waals surface area contributed by atoms with Gasteiger partial charge in [0.25, 0.3) is 10.0 Å². The molecule has 0 aliphatic carbocycles. The summed E-state index contributed by atoms with van der Waals surface area (Å²) in [5, 5.41) is 0. The topological polar surface area (TPSA) is 66.9 Å². The van der Waals surface area contributed by atoms with Crippen LogP contribution in [0.1, 0.15) is 23.6 Å². The number of hydrogen-bond acceptors (Lipinski definition) is 5. The Bertz CT molecular complexity index is 940. The molecule has 2 heterocycles. The van der Waals surface area contributed by atoms with Crippen molar-refractivity contribution in [3.05, 3.63) is 65.7 Å². The van der Waals surface area contributed by atoms with Crippen LogP contribution in [0.3, 0.4) is 0 Å². The van der Waals surface area contributed by atoms with E-state index in [2.05, 4.69) is 4.90 Å². The van der Waals surface area contributed by atoms with E-state index in [1.54, 1.807) is 24.3 Å². The quantitative estimate of drug-likeness (QED) is 0.770. The molecule has 1 unspecified atom stereocenters. The molecule has 2 aromatic rings. The Morgan fingerprint density at radius 1 is 0.964 bits per heavy atom. The average Bonchev–Trinajstić information content (AvgIpc) is 2.71. The van der Waals surface area contributed by atoms with Gasteiger partial charge in [-0.25, -0.2) is 12.7 Å². The molecule has 1 fully saturated rings. The van der Waals surface area contributed by atoms with E-state index in [1.807, 2.05) is 30.3 Å². The minimum Gasteiger partial charge on any atom is -0.379 e. The Morgan fingerprint density at radius 2 is 1.64 bits per heavy atom.